The van der Waals surface area contributed by atoms with E-state index in [-0.39, 0.29) is 6.09 Å². The highest BCUT2D eigenvalue weighted by Gasteiger charge is 2.25. The van der Waals surface area contributed by atoms with Gasteiger partial charge in [0.1, 0.15) is 6.61 Å². The zero-order valence-corrected chi connectivity index (χ0v) is 12.9. The SMILES string of the molecule is CCCn1cnc2c1CN(C(=O)OCc1ccccc1)CC2. The number of aromatic nitrogens is 2. The lowest BCUT2D eigenvalue weighted by atomic mass is 10.1. The number of rotatable bonds is 4. The Labute approximate surface area is 130 Å². The summed E-state index contributed by atoms with van der Waals surface area (Å²) in [5, 5.41) is 0. The highest BCUT2D eigenvalue weighted by Crippen LogP contribution is 2.19. The lowest BCUT2D eigenvalue weighted by molar-refractivity contribution is 0.0907. The van der Waals surface area contributed by atoms with E-state index < -0.39 is 0 Å². The highest BCUT2D eigenvalue weighted by atomic mass is 16.6. The van der Waals surface area contributed by atoms with E-state index >= 15 is 0 Å². The topological polar surface area (TPSA) is 47.4 Å². The molecular weight excluding hydrogens is 278 g/mol. The predicted molar refractivity (Wildman–Crippen MR) is 83.3 cm³/mol. The molecule has 2 heterocycles. The van der Waals surface area contributed by atoms with Crippen LogP contribution >= 0.6 is 0 Å². The van der Waals surface area contributed by atoms with Crippen molar-refractivity contribution in [3.8, 4) is 0 Å². The van der Waals surface area contributed by atoms with Gasteiger partial charge in [0.2, 0.25) is 0 Å². The first kappa shape index (κ1) is 14.6. The van der Waals surface area contributed by atoms with E-state index in [1.807, 2.05) is 36.7 Å². The van der Waals surface area contributed by atoms with Crippen molar-refractivity contribution in [1.82, 2.24) is 14.5 Å². The van der Waals surface area contributed by atoms with Crippen LogP contribution in [0.4, 0.5) is 4.79 Å². The summed E-state index contributed by atoms with van der Waals surface area (Å²) >= 11 is 0. The Hall–Kier alpha value is -2.30. The maximum Gasteiger partial charge on any atom is 0.410 e. The third kappa shape index (κ3) is 3.13. The van der Waals surface area contributed by atoms with E-state index in [2.05, 4.69) is 16.5 Å². The molecule has 5 nitrogen and oxygen atoms in total. The summed E-state index contributed by atoms with van der Waals surface area (Å²) in [4.78, 5) is 18.5. The van der Waals surface area contributed by atoms with Gasteiger partial charge in [0.05, 0.1) is 24.3 Å². The van der Waals surface area contributed by atoms with Crippen LogP contribution in [-0.2, 0) is 30.9 Å². The Morgan fingerprint density at radius 1 is 1.32 bits per heavy atom. The zero-order valence-electron chi connectivity index (χ0n) is 12.9. The second kappa shape index (κ2) is 6.64. The van der Waals surface area contributed by atoms with Gasteiger partial charge < -0.3 is 14.2 Å². The minimum atomic E-state index is -0.251. The van der Waals surface area contributed by atoms with E-state index in [0.717, 1.165) is 36.3 Å². The molecule has 0 saturated heterocycles. The Morgan fingerprint density at radius 3 is 2.91 bits per heavy atom. The summed E-state index contributed by atoms with van der Waals surface area (Å²) in [6.45, 7) is 4.65. The fraction of sp³-hybridized carbons (Fsp3) is 0.412. The largest absolute Gasteiger partial charge is 0.445 e. The molecule has 0 saturated carbocycles. The molecule has 5 heteroatoms. The Kier molecular flexibility index (Phi) is 4.42. The third-order valence-electron chi connectivity index (χ3n) is 3.92. The number of carbonyl (C=O) groups is 1. The molecule has 1 aliphatic heterocycles. The molecule has 22 heavy (non-hydrogen) atoms. The first-order valence-corrected chi connectivity index (χ1v) is 7.76. The van der Waals surface area contributed by atoms with Gasteiger partial charge in [-0.25, -0.2) is 9.78 Å². The predicted octanol–water partition coefficient (Wildman–Crippen LogP) is 2.99. The van der Waals surface area contributed by atoms with Gasteiger partial charge in [-0.3, -0.25) is 0 Å². The number of carbonyl (C=O) groups excluding carboxylic acids is 1. The summed E-state index contributed by atoms with van der Waals surface area (Å²) in [5.41, 5.74) is 3.26. The molecule has 0 radical (unpaired) electrons. The molecule has 0 unspecified atom stereocenters. The lowest BCUT2D eigenvalue weighted by Gasteiger charge is -2.27. The number of nitrogens with zero attached hydrogens (tertiary/aromatic N) is 3. The molecule has 0 N–H and O–H groups in total. The van der Waals surface area contributed by atoms with Crippen molar-refractivity contribution in [2.45, 2.75) is 39.5 Å². The maximum atomic E-state index is 12.2. The number of fused-ring (bicyclic) bond motifs is 1. The normalized spacial score (nSPS) is 13.8. The van der Waals surface area contributed by atoms with Crippen molar-refractivity contribution in [3.05, 3.63) is 53.6 Å². The fourth-order valence-electron chi connectivity index (χ4n) is 2.74. The van der Waals surface area contributed by atoms with Crippen molar-refractivity contribution in [1.29, 1.82) is 0 Å². The first-order chi connectivity index (χ1) is 10.8. The quantitative estimate of drug-likeness (QED) is 0.872. The Bertz CT molecular complexity index is 637. The van der Waals surface area contributed by atoms with Gasteiger partial charge in [0.15, 0.2) is 0 Å². The molecule has 0 spiro atoms. The zero-order chi connectivity index (χ0) is 15.4. The number of hydrogen-bond donors (Lipinski definition) is 0. The summed E-state index contributed by atoms with van der Waals surface area (Å²) in [6.07, 6.45) is 3.49. The summed E-state index contributed by atoms with van der Waals surface area (Å²) in [6, 6.07) is 9.75. The molecule has 1 aromatic heterocycles. The standard InChI is InChI=1S/C17H21N3O2/c1-2-9-20-13-18-15-8-10-19(11-16(15)20)17(21)22-12-14-6-4-3-5-7-14/h3-7,13H,2,8-12H2,1H3. The average Bonchev–Trinajstić information content (AvgIpc) is 2.96. The van der Waals surface area contributed by atoms with Gasteiger partial charge in [-0.05, 0) is 12.0 Å². The van der Waals surface area contributed by atoms with Gasteiger partial charge >= 0.3 is 6.09 Å². The molecule has 0 aliphatic carbocycles. The van der Waals surface area contributed by atoms with E-state index in [4.69, 9.17) is 4.74 Å². The summed E-state index contributed by atoms with van der Waals surface area (Å²) in [7, 11) is 0. The van der Waals surface area contributed by atoms with Crippen LogP contribution in [0.1, 0.15) is 30.3 Å². The lowest BCUT2D eigenvalue weighted by Crippen LogP contribution is -2.37. The van der Waals surface area contributed by atoms with Crippen LogP contribution in [0.5, 0.6) is 0 Å². The molecule has 1 aromatic carbocycles. The van der Waals surface area contributed by atoms with E-state index in [9.17, 15) is 4.79 Å². The van der Waals surface area contributed by atoms with Crippen LogP contribution in [0, 0.1) is 0 Å². The highest BCUT2D eigenvalue weighted by molar-refractivity contribution is 5.68. The van der Waals surface area contributed by atoms with Crippen LogP contribution in [0.15, 0.2) is 36.7 Å². The second-order valence-corrected chi connectivity index (χ2v) is 5.54. The molecular formula is C17H21N3O2. The van der Waals surface area contributed by atoms with Crippen LogP contribution < -0.4 is 0 Å². The number of aryl methyl sites for hydroxylation is 1. The number of benzene rings is 1. The summed E-state index contributed by atoms with van der Waals surface area (Å²) < 4.78 is 7.56. The van der Waals surface area contributed by atoms with Crippen LogP contribution in [0.3, 0.4) is 0 Å². The molecule has 0 bridgehead atoms. The average molecular weight is 299 g/mol. The van der Waals surface area contributed by atoms with Crippen molar-refractivity contribution >= 4 is 6.09 Å². The van der Waals surface area contributed by atoms with Gasteiger partial charge in [-0.1, -0.05) is 37.3 Å². The van der Waals surface area contributed by atoms with Crippen molar-refractivity contribution in [2.24, 2.45) is 0 Å². The number of hydrogen-bond acceptors (Lipinski definition) is 3. The maximum absolute atomic E-state index is 12.2. The van der Waals surface area contributed by atoms with Gasteiger partial charge in [0.25, 0.3) is 0 Å². The second-order valence-electron chi connectivity index (χ2n) is 5.54. The fourth-order valence-corrected chi connectivity index (χ4v) is 2.74. The van der Waals surface area contributed by atoms with Crippen LogP contribution in [-0.4, -0.2) is 27.1 Å². The Morgan fingerprint density at radius 2 is 2.14 bits per heavy atom. The van der Waals surface area contributed by atoms with Crippen molar-refractivity contribution < 1.29 is 9.53 Å². The van der Waals surface area contributed by atoms with E-state index in [0.29, 0.717) is 19.7 Å². The molecule has 116 valence electrons. The van der Waals surface area contributed by atoms with Crippen LogP contribution in [0.2, 0.25) is 0 Å². The number of imidazole rings is 1. The first-order valence-electron chi connectivity index (χ1n) is 7.76. The van der Waals surface area contributed by atoms with E-state index in [1.165, 1.54) is 0 Å². The Balaban J connectivity index is 1.61. The van der Waals surface area contributed by atoms with Gasteiger partial charge in [-0.2, -0.15) is 0 Å². The minimum absolute atomic E-state index is 0.251. The van der Waals surface area contributed by atoms with Gasteiger partial charge in [-0.15, -0.1) is 0 Å². The third-order valence-corrected chi connectivity index (χ3v) is 3.92. The number of amides is 1. The molecule has 0 fully saturated rings. The number of ether oxygens (including phenoxy) is 1. The van der Waals surface area contributed by atoms with Crippen LogP contribution in [0.25, 0.3) is 0 Å². The molecule has 1 amide bonds. The van der Waals surface area contributed by atoms with E-state index in [1.54, 1.807) is 4.90 Å². The molecule has 1 aliphatic rings. The minimum Gasteiger partial charge on any atom is -0.445 e. The molecule has 2 aromatic rings. The van der Waals surface area contributed by atoms with Crippen molar-refractivity contribution in [2.75, 3.05) is 6.54 Å². The summed E-state index contributed by atoms with van der Waals surface area (Å²) in [5.74, 6) is 0. The smallest absolute Gasteiger partial charge is 0.410 e. The molecule has 3 rings (SSSR count). The van der Waals surface area contributed by atoms with Crippen molar-refractivity contribution in [3.63, 3.8) is 0 Å². The monoisotopic (exact) mass is 299 g/mol. The molecule has 0 atom stereocenters. The van der Waals surface area contributed by atoms with Gasteiger partial charge in [0, 0.05) is 19.5 Å².